The van der Waals surface area contributed by atoms with E-state index < -0.39 is 0 Å². The van der Waals surface area contributed by atoms with E-state index in [9.17, 15) is 4.79 Å². The first-order valence-electron chi connectivity index (χ1n) is 5.57. The summed E-state index contributed by atoms with van der Waals surface area (Å²) in [6.07, 6.45) is 0. The molecule has 7 heteroatoms. The molecule has 3 rings (SSSR count). The number of nitrogens with one attached hydrogen (secondary N) is 1. The number of amides is 1. The fraction of sp³-hybridized carbons (Fsp3) is 0.167. The van der Waals surface area contributed by atoms with Gasteiger partial charge in [-0.3, -0.25) is 10.1 Å². The number of carbonyl (C=O) groups excluding carboxylic acids is 1. The summed E-state index contributed by atoms with van der Waals surface area (Å²) in [6, 6.07) is 5.02. The molecule has 0 fully saturated rings. The topological polar surface area (TPSA) is 86.5 Å². The third-order valence-corrected chi connectivity index (χ3v) is 3.59. The summed E-state index contributed by atoms with van der Waals surface area (Å²) in [5.74, 6) is 0.959. The summed E-state index contributed by atoms with van der Waals surface area (Å²) in [4.78, 5) is 16.2. The van der Waals surface area contributed by atoms with E-state index in [0.717, 1.165) is 0 Å². The van der Waals surface area contributed by atoms with Crippen LogP contribution in [0.1, 0.15) is 16.1 Å². The number of benzene rings is 1. The van der Waals surface area contributed by atoms with Crippen LogP contribution in [0.3, 0.4) is 0 Å². The van der Waals surface area contributed by atoms with Crippen molar-refractivity contribution in [1.82, 2.24) is 4.98 Å². The van der Waals surface area contributed by atoms with Crippen molar-refractivity contribution in [3.05, 3.63) is 29.5 Å². The van der Waals surface area contributed by atoms with Crippen LogP contribution in [-0.2, 0) is 0 Å². The molecule has 1 amide bonds. The highest BCUT2D eigenvalue weighted by molar-refractivity contribution is 7.19. The van der Waals surface area contributed by atoms with Gasteiger partial charge in [0.2, 0.25) is 6.79 Å². The molecule has 2 aromatic rings. The maximum absolute atomic E-state index is 12.1. The number of ether oxygens (including phenoxy) is 2. The average molecular weight is 277 g/mol. The molecule has 0 spiro atoms. The monoisotopic (exact) mass is 277 g/mol. The van der Waals surface area contributed by atoms with Crippen LogP contribution < -0.4 is 20.5 Å². The van der Waals surface area contributed by atoms with E-state index in [2.05, 4.69) is 10.3 Å². The maximum Gasteiger partial charge on any atom is 0.257 e. The van der Waals surface area contributed by atoms with Gasteiger partial charge in [-0.15, -0.1) is 0 Å². The van der Waals surface area contributed by atoms with Crippen molar-refractivity contribution >= 4 is 27.4 Å². The number of carbonyl (C=O) groups is 1. The largest absolute Gasteiger partial charge is 0.454 e. The Kier molecular flexibility index (Phi) is 2.75. The lowest BCUT2D eigenvalue weighted by atomic mass is 10.2. The van der Waals surface area contributed by atoms with Gasteiger partial charge < -0.3 is 15.2 Å². The van der Waals surface area contributed by atoms with E-state index in [1.807, 2.05) is 0 Å². The molecule has 98 valence electrons. The molecule has 0 radical (unpaired) electrons. The van der Waals surface area contributed by atoms with E-state index >= 15 is 0 Å². The quantitative estimate of drug-likeness (QED) is 0.877. The van der Waals surface area contributed by atoms with Gasteiger partial charge in [0.05, 0.1) is 5.69 Å². The zero-order valence-electron chi connectivity index (χ0n) is 10.1. The molecule has 1 aliphatic rings. The molecule has 0 bridgehead atoms. The van der Waals surface area contributed by atoms with Crippen LogP contribution in [0.4, 0.5) is 10.1 Å². The standard InChI is InChI=1S/C12H11N3O3S/c1-6-10(13)19-12(14-6)15-11(16)7-2-3-8-9(4-7)18-5-17-8/h2-4H,5,13H2,1H3,(H,14,15,16). The summed E-state index contributed by atoms with van der Waals surface area (Å²) in [7, 11) is 0. The number of fused-ring (bicyclic) bond motifs is 1. The van der Waals surface area contributed by atoms with Gasteiger partial charge in [-0.25, -0.2) is 4.98 Å². The molecule has 0 aliphatic carbocycles. The second kappa shape index (κ2) is 4.43. The number of anilines is 2. The van der Waals surface area contributed by atoms with Gasteiger partial charge in [-0.1, -0.05) is 11.3 Å². The summed E-state index contributed by atoms with van der Waals surface area (Å²) in [5, 5.41) is 3.79. The molecule has 1 aromatic carbocycles. The normalized spacial score (nSPS) is 12.5. The summed E-state index contributed by atoms with van der Waals surface area (Å²) < 4.78 is 10.4. The van der Waals surface area contributed by atoms with E-state index in [-0.39, 0.29) is 12.7 Å². The molecule has 6 nitrogen and oxygen atoms in total. The molecule has 1 aromatic heterocycles. The lowest BCUT2D eigenvalue weighted by Gasteiger charge is -2.02. The lowest BCUT2D eigenvalue weighted by molar-refractivity contribution is 0.102. The zero-order valence-corrected chi connectivity index (χ0v) is 10.9. The predicted octanol–water partition coefficient (Wildman–Crippen LogP) is 2.01. The fourth-order valence-electron chi connectivity index (χ4n) is 1.67. The van der Waals surface area contributed by atoms with Gasteiger partial charge >= 0.3 is 0 Å². The first kappa shape index (κ1) is 11.8. The second-order valence-corrected chi connectivity index (χ2v) is 5.02. The maximum atomic E-state index is 12.1. The Bertz CT molecular complexity index is 634. The molecular weight excluding hydrogens is 266 g/mol. The Labute approximate surface area is 113 Å². The number of nitrogens with zero attached hydrogens (tertiary/aromatic N) is 1. The first-order chi connectivity index (χ1) is 9.13. The molecule has 0 atom stereocenters. The van der Waals surface area contributed by atoms with Crippen molar-refractivity contribution in [2.45, 2.75) is 6.92 Å². The van der Waals surface area contributed by atoms with Crippen LogP contribution >= 0.6 is 11.3 Å². The van der Waals surface area contributed by atoms with Crippen molar-refractivity contribution in [1.29, 1.82) is 0 Å². The smallest absolute Gasteiger partial charge is 0.257 e. The number of nitrogens with two attached hydrogens (primary N) is 1. The Balaban J connectivity index is 1.80. The Morgan fingerprint density at radius 2 is 2.21 bits per heavy atom. The SMILES string of the molecule is Cc1nc(NC(=O)c2ccc3c(c2)OCO3)sc1N. The van der Waals surface area contributed by atoms with Crippen LogP contribution in [0.15, 0.2) is 18.2 Å². The van der Waals surface area contributed by atoms with Crippen LogP contribution in [0.5, 0.6) is 11.5 Å². The number of nitrogen functional groups attached to an aromatic ring is 1. The van der Waals surface area contributed by atoms with Crippen LogP contribution in [-0.4, -0.2) is 17.7 Å². The van der Waals surface area contributed by atoms with Crippen molar-refractivity contribution in [3.8, 4) is 11.5 Å². The predicted molar refractivity (Wildman–Crippen MR) is 71.8 cm³/mol. The number of aromatic nitrogens is 1. The Morgan fingerprint density at radius 1 is 1.42 bits per heavy atom. The minimum atomic E-state index is -0.257. The molecule has 3 N–H and O–H groups in total. The summed E-state index contributed by atoms with van der Waals surface area (Å²) >= 11 is 1.24. The molecule has 19 heavy (non-hydrogen) atoms. The fourth-order valence-corrected chi connectivity index (χ4v) is 2.40. The van der Waals surface area contributed by atoms with Gasteiger partial charge in [0.15, 0.2) is 16.6 Å². The van der Waals surface area contributed by atoms with Crippen LogP contribution in [0, 0.1) is 6.92 Å². The number of thiazole rings is 1. The highest BCUT2D eigenvalue weighted by Gasteiger charge is 2.17. The minimum Gasteiger partial charge on any atom is -0.454 e. The molecule has 0 saturated heterocycles. The van der Waals surface area contributed by atoms with Crippen LogP contribution in [0.2, 0.25) is 0 Å². The number of hydrogen-bond acceptors (Lipinski definition) is 6. The average Bonchev–Trinajstić information content (AvgIpc) is 2.96. The van der Waals surface area contributed by atoms with E-state index in [1.54, 1.807) is 25.1 Å². The lowest BCUT2D eigenvalue weighted by Crippen LogP contribution is -2.11. The summed E-state index contributed by atoms with van der Waals surface area (Å²) in [6.45, 7) is 1.98. The van der Waals surface area contributed by atoms with Gasteiger partial charge in [0.25, 0.3) is 5.91 Å². The van der Waals surface area contributed by atoms with Gasteiger partial charge in [0, 0.05) is 5.56 Å². The third kappa shape index (κ3) is 2.19. The number of aryl methyl sites for hydroxylation is 1. The van der Waals surface area contributed by atoms with Crippen molar-refractivity contribution < 1.29 is 14.3 Å². The van der Waals surface area contributed by atoms with E-state index in [1.165, 1.54) is 11.3 Å². The van der Waals surface area contributed by atoms with Gasteiger partial charge in [0.1, 0.15) is 5.00 Å². The zero-order chi connectivity index (χ0) is 13.4. The van der Waals surface area contributed by atoms with Crippen LogP contribution in [0.25, 0.3) is 0 Å². The van der Waals surface area contributed by atoms with Gasteiger partial charge in [-0.2, -0.15) is 0 Å². The van der Waals surface area contributed by atoms with Crippen molar-refractivity contribution in [2.75, 3.05) is 17.8 Å². The number of hydrogen-bond donors (Lipinski definition) is 2. The Hall–Kier alpha value is -2.28. The molecular formula is C12H11N3O3S. The van der Waals surface area contributed by atoms with E-state index in [0.29, 0.717) is 32.9 Å². The first-order valence-corrected chi connectivity index (χ1v) is 6.39. The molecule has 2 heterocycles. The highest BCUT2D eigenvalue weighted by atomic mass is 32.1. The number of rotatable bonds is 2. The van der Waals surface area contributed by atoms with E-state index in [4.69, 9.17) is 15.2 Å². The second-order valence-electron chi connectivity index (χ2n) is 3.99. The Morgan fingerprint density at radius 3 is 2.95 bits per heavy atom. The minimum absolute atomic E-state index is 0.183. The summed E-state index contributed by atoms with van der Waals surface area (Å²) in [5.41, 5.74) is 6.89. The molecule has 0 unspecified atom stereocenters. The third-order valence-electron chi connectivity index (χ3n) is 2.69. The molecule has 0 saturated carbocycles. The highest BCUT2D eigenvalue weighted by Crippen LogP contribution is 2.33. The van der Waals surface area contributed by atoms with Crippen molar-refractivity contribution in [3.63, 3.8) is 0 Å². The van der Waals surface area contributed by atoms with Crippen molar-refractivity contribution in [2.24, 2.45) is 0 Å². The van der Waals surface area contributed by atoms with Gasteiger partial charge in [-0.05, 0) is 25.1 Å². The molecule has 1 aliphatic heterocycles.